The average molecular weight is 240 g/mol. The van der Waals surface area contributed by atoms with E-state index >= 15 is 0 Å². The predicted octanol–water partition coefficient (Wildman–Crippen LogP) is 5.94. The number of unbranched alkanes of at least 4 members (excludes halogenated alkanes) is 4. The fraction of sp³-hybridized carbons (Fsp3) is 0.500. The highest BCUT2D eigenvalue weighted by atomic mass is 19.3. The molecule has 0 rings (SSSR count). The first kappa shape index (κ1) is 20.4. The first-order valence-corrected chi connectivity index (χ1v) is 5.03. The summed E-state index contributed by atoms with van der Waals surface area (Å²) in [4.78, 5) is 0. The van der Waals surface area contributed by atoms with Crippen LogP contribution in [0.15, 0.2) is 38.0 Å². The number of hydrogen-bond donors (Lipinski definition) is 0. The molecule has 0 spiro atoms. The lowest BCUT2D eigenvalue weighted by atomic mass is 10.2. The van der Waals surface area contributed by atoms with Crippen LogP contribution in [0.25, 0.3) is 0 Å². The van der Waals surface area contributed by atoms with Crippen molar-refractivity contribution >= 4 is 0 Å². The number of rotatable bonds is 5. The van der Waals surface area contributed by atoms with Crippen molar-refractivity contribution in [2.24, 2.45) is 0 Å². The lowest BCUT2D eigenvalue weighted by molar-refractivity contribution is 0.308. The van der Waals surface area contributed by atoms with Crippen molar-refractivity contribution in [3.05, 3.63) is 38.0 Å². The summed E-state index contributed by atoms with van der Waals surface area (Å²) in [6.45, 7) is 11.9. The first-order valence-electron chi connectivity index (χ1n) is 5.03. The molecule has 0 aliphatic heterocycles. The zero-order chi connectivity index (χ0) is 13.4. The smallest absolute Gasteiger partial charge is 0.167 e. The molecule has 0 aliphatic rings. The maximum Gasteiger partial charge on any atom is 0.334 e. The lowest BCUT2D eigenvalue weighted by Gasteiger charge is -1.91. The highest BCUT2D eigenvalue weighted by Crippen LogP contribution is 2.08. The third-order valence-electron chi connectivity index (χ3n) is 1.40. The van der Waals surface area contributed by atoms with Crippen molar-refractivity contribution < 1.29 is 17.6 Å². The van der Waals surface area contributed by atoms with E-state index in [1.807, 2.05) is 6.08 Å². The van der Waals surface area contributed by atoms with Crippen molar-refractivity contribution in [3.63, 3.8) is 0 Å². The van der Waals surface area contributed by atoms with E-state index in [4.69, 9.17) is 0 Å². The molecular weight excluding hydrogens is 220 g/mol. The Morgan fingerprint density at radius 3 is 1.62 bits per heavy atom. The monoisotopic (exact) mass is 240 g/mol. The summed E-state index contributed by atoms with van der Waals surface area (Å²) in [6, 6.07) is 0. The maximum absolute atomic E-state index is 10.3. The van der Waals surface area contributed by atoms with E-state index in [9.17, 15) is 17.6 Å². The van der Waals surface area contributed by atoms with Crippen LogP contribution in [-0.4, -0.2) is 0 Å². The van der Waals surface area contributed by atoms with E-state index in [0.717, 1.165) is 0 Å². The van der Waals surface area contributed by atoms with Crippen LogP contribution >= 0.6 is 0 Å². The molecule has 0 aromatic carbocycles. The second-order valence-electron chi connectivity index (χ2n) is 2.66. The summed E-state index contributed by atoms with van der Waals surface area (Å²) < 4.78 is 41.1. The molecule has 0 radical (unpaired) electrons. The first-order chi connectivity index (χ1) is 7.56. The van der Waals surface area contributed by atoms with Gasteiger partial charge in [0.2, 0.25) is 0 Å². The molecule has 0 atom stereocenters. The number of allylic oxidation sites excluding steroid dienone is 1. The van der Waals surface area contributed by atoms with E-state index in [0.29, 0.717) is 0 Å². The molecule has 0 N–H and O–H groups in total. The molecule has 0 nitrogen and oxygen atoms in total. The minimum atomic E-state index is -2.91. The van der Waals surface area contributed by atoms with Crippen molar-refractivity contribution in [1.29, 1.82) is 0 Å². The summed E-state index contributed by atoms with van der Waals surface area (Å²) in [5.74, 6) is 0. The van der Waals surface area contributed by atoms with Gasteiger partial charge in [-0.2, -0.15) is 17.6 Å². The van der Waals surface area contributed by atoms with Gasteiger partial charge in [0, 0.05) is 0 Å². The predicted molar refractivity (Wildman–Crippen MR) is 61.7 cm³/mol. The Kier molecular flexibility index (Phi) is 24.8. The molecule has 0 amide bonds. The Labute approximate surface area is 95.4 Å². The molecule has 0 aromatic heterocycles. The highest BCUT2D eigenvalue weighted by Gasteiger charge is 1.98. The maximum atomic E-state index is 10.3. The zero-order valence-electron chi connectivity index (χ0n) is 9.75. The van der Waals surface area contributed by atoms with Crippen molar-refractivity contribution in [2.75, 3.05) is 0 Å². The quantitative estimate of drug-likeness (QED) is 0.317. The van der Waals surface area contributed by atoms with Crippen LogP contribution in [0, 0.1) is 0 Å². The number of halogens is 4. The summed E-state index contributed by atoms with van der Waals surface area (Å²) >= 11 is 0. The average Bonchev–Trinajstić information content (AvgIpc) is 2.28. The van der Waals surface area contributed by atoms with Crippen LogP contribution in [-0.2, 0) is 0 Å². The lowest BCUT2D eigenvalue weighted by Crippen LogP contribution is -1.71. The Hall–Kier alpha value is -1.06. The van der Waals surface area contributed by atoms with Crippen LogP contribution in [0.2, 0.25) is 0 Å². The largest absolute Gasteiger partial charge is 0.334 e. The molecule has 0 saturated carbocycles. The molecule has 0 aromatic rings. The summed E-state index contributed by atoms with van der Waals surface area (Å²) in [7, 11) is 0. The van der Waals surface area contributed by atoms with Gasteiger partial charge in [-0.15, -0.1) is 19.7 Å². The van der Waals surface area contributed by atoms with Gasteiger partial charge in [-0.05, 0) is 12.8 Å². The van der Waals surface area contributed by atoms with Gasteiger partial charge in [-0.1, -0.05) is 32.3 Å². The third kappa shape index (κ3) is 29.3. The minimum Gasteiger partial charge on any atom is -0.167 e. The van der Waals surface area contributed by atoms with Crippen LogP contribution in [0.1, 0.15) is 39.0 Å². The molecule has 0 fully saturated rings. The van der Waals surface area contributed by atoms with Gasteiger partial charge < -0.3 is 0 Å². The second-order valence-corrected chi connectivity index (χ2v) is 2.66. The Bertz CT molecular complexity index is 158. The molecule has 4 heteroatoms. The molecule has 16 heavy (non-hydrogen) atoms. The topological polar surface area (TPSA) is 0 Å². The highest BCUT2D eigenvalue weighted by molar-refractivity contribution is 4.77. The Balaban J connectivity index is -0.000000188. The van der Waals surface area contributed by atoms with E-state index < -0.39 is 12.2 Å². The fourth-order valence-corrected chi connectivity index (χ4v) is 0.715. The van der Waals surface area contributed by atoms with Gasteiger partial charge >= 0.3 is 12.2 Å². The minimum absolute atomic E-state index is 1.19. The van der Waals surface area contributed by atoms with Crippen molar-refractivity contribution in [2.45, 2.75) is 39.0 Å². The normalized spacial score (nSPS) is 7.81. The van der Waals surface area contributed by atoms with E-state index in [-0.39, 0.29) is 0 Å². The van der Waals surface area contributed by atoms with Crippen LogP contribution in [0.3, 0.4) is 0 Å². The molecule has 96 valence electrons. The molecule has 0 bridgehead atoms. The fourth-order valence-electron chi connectivity index (χ4n) is 0.715. The zero-order valence-corrected chi connectivity index (χ0v) is 9.75. The Morgan fingerprint density at radius 1 is 0.938 bits per heavy atom. The van der Waals surface area contributed by atoms with E-state index in [1.54, 1.807) is 0 Å². The van der Waals surface area contributed by atoms with E-state index in [2.05, 4.69) is 26.7 Å². The molecule has 0 heterocycles. The summed E-state index contributed by atoms with van der Waals surface area (Å²) in [5.41, 5.74) is 0. The van der Waals surface area contributed by atoms with Gasteiger partial charge in [0.1, 0.15) is 0 Å². The second kappa shape index (κ2) is 19.5. The van der Waals surface area contributed by atoms with Crippen LogP contribution < -0.4 is 0 Å². The third-order valence-corrected chi connectivity index (χ3v) is 1.40. The SMILES string of the molecule is C=C.C=CCCCCCC.FC(F)=C(F)F. The molecule has 0 unspecified atom stereocenters. The van der Waals surface area contributed by atoms with Gasteiger partial charge in [0.15, 0.2) is 0 Å². The molecule has 0 aliphatic carbocycles. The van der Waals surface area contributed by atoms with Gasteiger partial charge in [0.05, 0.1) is 0 Å². The van der Waals surface area contributed by atoms with Gasteiger partial charge in [-0.3, -0.25) is 0 Å². The van der Waals surface area contributed by atoms with Gasteiger partial charge in [-0.25, -0.2) is 0 Å². The Morgan fingerprint density at radius 2 is 1.38 bits per heavy atom. The van der Waals surface area contributed by atoms with E-state index in [1.165, 1.54) is 32.1 Å². The number of hydrogen-bond acceptors (Lipinski definition) is 0. The molecule has 0 saturated heterocycles. The van der Waals surface area contributed by atoms with Gasteiger partial charge in [0.25, 0.3) is 0 Å². The van der Waals surface area contributed by atoms with Crippen molar-refractivity contribution in [3.8, 4) is 0 Å². The van der Waals surface area contributed by atoms with Crippen LogP contribution in [0.4, 0.5) is 17.6 Å². The van der Waals surface area contributed by atoms with Crippen LogP contribution in [0.5, 0.6) is 0 Å². The molecular formula is C12H20F4. The standard InChI is InChI=1S/C8H16.C2F4.C2H4/c1-3-5-7-8-6-4-2;3-1(4)2(5)6;1-2/h3H,1,4-8H2,2H3;;1-2H2. The van der Waals surface area contributed by atoms with Crippen molar-refractivity contribution in [1.82, 2.24) is 0 Å². The summed E-state index contributed by atoms with van der Waals surface area (Å²) in [5, 5.41) is 0. The summed E-state index contributed by atoms with van der Waals surface area (Å²) in [6.07, 6.45) is 2.80.